The quantitative estimate of drug-likeness (QED) is 0.118. The van der Waals surface area contributed by atoms with Crippen LogP contribution < -0.4 is 0 Å². The average Bonchev–Trinajstić information content (AvgIpc) is 3.37. The molecule has 0 saturated carbocycles. The molecule has 2 aliphatic heterocycles. The van der Waals surface area contributed by atoms with E-state index in [2.05, 4.69) is 33.0 Å². The Bertz CT molecular complexity index is 1690. The molecular formula is C40H45BrN2O6. The fourth-order valence-corrected chi connectivity index (χ4v) is 8.43. The fourth-order valence-electron chi connectivity index (χ4n) is 8.06. The zero-order chi connectivity index (χ0) is 34.5. The zero-order valence-electron chi connectivity index (χ0n) is 27.9. The SMILES string of the molecule is COCC1=C([C@H](O)CC/C(=C/c2cc(Br)ccc2O)c2ccccc2)[C@H](CO)[C@@H]2C(=O)N(C3CCN(Cc4ccccc4)CC3)C(=O)[C@@H]2C1. The summed E-state index contributed by atoms with van der Waals surface area (Å²) < 4.78 is 6.39. The van der Waals surface area contributed by atoms with Crippen LogP contribution in [0.15, 0.2) is 94.5 Å². The molecule has 3 aromatic rings. The Hall–Kier alpha value is -3.60. The zero-order valence-corrected chi connectivity index (χ0v) is 29.5. The number of rotatable bonds is 12. The predicted octanol–water partition coefficient (Wildman–Crippen LogP) is 6.06. The maximum Gasteiger partial charge on any atom is 0.234 e. The topological polar surface area (TPSA) is 111 Å². The van der Waals surface area contributed by atoms with Crippen LogP contribution in [-0.2, 0) is 20.9 Å². The van der Waals surface area contributed by atoms with Crippen molar-refractivity contribution in [3.63, 3.8) is 0 Å². The Balaban J connectivity index is 1.20. The average molecular weight is 730 g/mol. The Morgan fingerprint density at radius 1 is 1.00 bits per heavy atom. The Morgan fingerprint density at radius 3 is 2.37 bits per heavy atom. The molecule has 4 atom stereocenters. The minimum absolute atomic E-state index is 0.150. The molecule has 9 heteroatoms. The number of likely N-dealkylation sites (tertiary alicyclic amines) is 2. The Kier molecular flexibility index (Phi) is 11.5. The van der Waals surface area contributed by atoms with E-state index in [9.17, 15) is 24.9 Å². The number of ether oxygens (including phenoxy) is 1. The van der Waals surface area contributed by atoms with Gasteiger partial charge in [0, 0.05) is 48.7 Å². The predicted molar refractivity (Wildman–Crippen MR) is 193 cm³/mol. The number of carbonyl (C=O) groups is 2. The summed E-state index contributed by atoms with van der Waals surface area (Å²) in [5.74, 6) is -2.22. The summed E-state index contributed by atoms with van der Waals surface area (Å²) in [7, 11) is 1.58. The first kappa shape index (κ1) is 35.2. The smallest absolute Gasteiger partial charge is 0.234 e. The van der Waals surface area contributed by atoms with E-state index in [4.69, 9.17) is 4.74 Å². The number of fused-ring (bicyclic) bond motifs is 1. The first-order valence-corrected chi connectivity index (χ1v) is 18.0. The summed E-state index contributed by atoms with van der Waals surface area (Å²) in [4.78, 5) is 32.0. The maximum atomic E-state index is 14.1. The van der Waals surface area contributed by atoms with Crippen molar-refractivity contribution in [3.8, 4) is 5.75 Å². The second-order valence-corrected chi connectivity index (χ2v) is 14.4. The molecule has 2 fully saturated rings. The molecule has 3 N–H and O–H groups in total. The number of halogens is 1. The van der Waals surface area contributed by atoms with E-state index >= 15 is 0 Å². The normalized spacial score (nSPS) is 22.9. The van der Waals surface area contributed by atoms with Gasteiger partial charge in [-0.05, 0) is 84.2 Å². The van der Waals surface area contributed by atoms with Gasteiger partial charge >= 0.3 is 0 Å². The monoisotopic (exact) mass is 728 g/mol. The number of aliphatic hydroxyl groups is 2. The van der Waals surface area contributed by atoms with Gasteiger partial charge in [-0.25, -0.2) is 0 Å². The van der Waals surface area contributed by atoms with Crippen molar-refractivity contribution in [2.24, 2.45) is 17.8 Å². The highest BCUT2D eigenvalue weighted by Gasteiger charge is 2.56. The molecule has 0 unspecified atom stereocenters. The first-order valence-electron chi connectivity index (χ1n) is 17.2. The molecule has 0 radical (unpaired) electrons. The lowest BCUT2D eigenvalue weighted by molar-refractivity contribution is -0.144. The van der Waals surface area contributed by atoms with Crippen molar-refractivity contribution in [1.29, 1.82) is 0 Å². The van der Waals surface area contributed by atoms with E-state index in [-0.39, 0.29) is 36.8 Å². The van der Waals surface area contributed by atoms with Gasteiger partial charge in [-0.3, -0.25) is 19.4 Å². The summed E-state index contributed by atoms with van der Waals surface area (Å²) in [5, 5.41) is 33.2. The van der Waals surface area contributed by atoms with Crippen molar-refractivity contribution in [2.45, 2.75) is 50.8 Å². The number of phenols is 1. The van der Waals surface area contributed by atoms with Crippen LogP contribution in [0.3, 0.4) is 0 Å². The van der Waals surface area contributed by atoms with Gasteiger partial charge in [0.15, 0.2) is 0 Å². The molecule has 2 saturated heterocycles. The van der Waals surface area contributed by atoms with Gasteiger partial charge < -0.3 is 20.1 Å². The van der Waals surface area contributed by atoms with E-state index in [1.165, 1.54) is 10.5 Å². The number of nitrogens with zero attached hydrogens (tertiary/aromatic N) is 2. The number of hydrogen-bond acceptors (Lipinski definition) is 7. The third-order valence-electron chi connectivity index (χ3n) is 10.4. The lowest BCUT2D eigenvalue weighted by atomic mass is 9.68. The van der Waals surface area contributed by atoms with Gasteiger partial charge in [-0.15, -0.1) is 0 Å². The standard InChI is InChI=1S/C40H45BrN2O6/c1-49-25-30-22-33-38(40(48)43(39(33)47)32-16-18-42(19-17-32)23-26-8-4-2-5-9-26)34(24-44)37(30)36(46)14-12-28(27-10-6-3-7-11-27)20-29-21-31(41)13-15-35(29)45/h2-11,13,15,20-21,32-34,36,38,44-46H,12,14,16-19,22-25H2,1H3/b28-20-/t33-,34+,36-,38-/m1/s1. The van der Waals surface area contributed by atoms with Crippen LogP contribution in [0.5, 0.6) is 5.75 Å². The van der Waals surface area contributed by atoms with Gasteiger partial charge in [0.05, 0.1) is 31.2 Å². The molecular weight excluding hydrogens is 684 g/mol. The van der Waals surface area contributed by atoms with E-state index in [1.54, 1.807) is 19.2 Å². The van der Waals surface area contributed by atoms with Gasteiger partial charge in [0.2, 0.25) is 11.8 Å². The number of allylic oxidation sites excluding steroid dienone is 1. The molecule has 2 amide bonds. The number of imide groups is 1. The summed E-state index contributed by atoms with van der Waals surface area (Å²) in [6.45, 7) is 2.28. The highest BCUT2D eigenvalue weighted by atomic mass is 79.9. The molecule has 6 rings (SSSR count). The lowest BCUT2D eigenvalue weighted by Gasteiger charge is -2.37. The minimum atomic E-state index is -0.968. The summed E-state index contributed by atoms with van der Waals surface area (Å²) in [6.07, 6.45) is 3.49. The number of benzene rings is 3. The molecule has 3 aliphatic rings. The molecule has 1 aliphatic carbocycles. The van der Waals surface area contributed by atoms with Crippen LogP contribution in [-0.4, -0.2) is 82.5 Å². The van der Waals surface area contributed by atoms with Gasteiger partial charge in [0.1, 0.15) is 5.75 Å². The Morgan fingerprint density at radius 2 is 1.69 bits per heavy atom. The van der Waals surface area contributed by atoms with Gasteiger partial charge in [-0.2, -0.15) is 0 Å². The van der Waals surface area contributed by atoms with Crippen molar-refractivity contribution in [3.05, 3.63) is 111 Å². The number of phenolic OH excluding ortho intramolecular Hbond substituents is 1. The highest BCUT2D eigenvalue weighted by molar-refractivity contribution is 9.10. The van der Waals surface area contributed by atoms with Crippen LogP contribution in [0.2, 0.25) is 0 Å². The fraction of sp³-hybridized carbons (Fsp3) is 0.400. The number of carbonyl (C=O) groups excluding carboxylic acids is 2. The van der Waals surface area contributed by atoms with Crippen LogP contribution in [0.4, 0.5) is 0 Å². The summed E-state index contributed by atoms with van der Waals surface area (Å²) in [6, 6.07) is 25.2. The highest BCUT2D eigenvalue weighted by Crippen LogP contribution is 2.47. The molecule has 8 nitrogen and oxygen atoms in total. The summed E-state index contributed by atoms with van der Waals surface area (Å²) in [5.41, 5.74) is 5.18. The molecule has 2 heterocycles. The van der Waals surface area contributed by atoms with Crippen molar-refractivity contribution in [1.82, 2.24) is 9.80 Å². The molecule has 0 bridgehead atoms. The van der Waals surface area contributed by atoms with Crippen LogP contribution in [0.25, 0.3) is 11.6 Å². The van der Waals surface area contributed by atoms with Crippen LogP contribution in [0.1, 0.15) is 48.8 Å². The molecule has 258 valence electrons. The van der Waals surface area contributed by atoms with Crippen LogP contribution >= 0.6 is 15.9 Å². The third kappa shape index (κ3) is 7.76. The largest absolute Gasteiger partial charge is 0.507 e. The molecule has 3 aromatic carbocycles. The number of aromatic hydroxyl groups is 1. The molecule has 0 spiro atoms. The number of amides is 2. The molecule has 0 aromatic heterocycles. The molecule has 49 heavy (non-hydrogen) atoms. The van der Waals surface area contributed by atoms with Crippen molar-refractivity contribution < 1.29 is 29.6 Å². The first-order chi connectivity index (χ1) is 23.8. The van der Waals surface area contributed by atoms with E-state index < -0.39 is 23.9 Å². The van der Waals surface area contributed by atoms with E-state index in [0.29, 0.717) is 43.2 Å². The van der Waals surface area contributed by atoms with Crippen molar-refractivity contribution >= 4 is 39.4 Å². The number of hydrogen-bond donors (Lipinski definition) is 3. The number of piperidine rings is 1. The number of methoxy groups -OCH3 is 1. The number of aliphatic hydroxyl groups excluding tert-OH is 2. The Labute approximate surface area is 296 Å². The minimum Gasteiger partial charge on any atom is -0.507 e. The third-order valence-corrected chi connectivity index (χ3v) is 10.9. The van der Waals surface area contributed by atoms with E-state index in [0.717, 1.165) is 40.8 Å². The van der Waals surface area contributed by atoms with Crippen LogP contribution in [0, 0.1) is 17.8 Å². The summed E-state index contributed by atoms with van der Waals surface area (Å²) >= 11 is 3.49. The van der Waals surface area contributed by atoms with E-state index in [1.807, 2.05) is 60.7 Å². The maximum absolute atomic E-state index is 14.1. The lowest BCUT2D eigenvalue weighted by Crippen LogP contribution is -2.47. The second kappa shape index (κ2) is 16.0. The van der Waals surface area contributed by atoms with Gasteiger partial charge in [0.25, 0.3) is 0 Å². The second-order valence-electron chi connectivity index (χ2n) is 13.4. The van der Waals surface area contributed by atoms with Crippen molar-refractivity contribution in [2.75, 3.05) is 33.4 Å². The van der Waals surface area contributed by atoms with Gasteiger partial charge in [-0.1, -0.05) is 76.6 Å².